The Labute approximate surface area is 228 Å². The Balaban J connectivity index is 1.40. The van der Waals surface area contributed by atoms with Crippen LogP contribution in [0, 0.1) is 0 Å². The summed E-state index contributed by atoms with van der Waals surface area (Å²) >= 11 is 0. The summed E-state index contributed by atoms with van der Waals surface area (Å²) < 4.78 is 14.1. The van der Waals surface area contributed by atoms with Crippen molar-refractivity contribution in [3.63, 3.8) is 0 Å². The van der Waals surface area contributed by atoms with E-state index in [0.29, 0.717) is 47.9 Å². The molecule has 0 bridgehead atoms. The Bertz CT molecular complexity index is 1350. The summed E-state index contributed by atoms with van der Waals surface area (Å²) in [6.45, 7) is 5.26. The average molecular weight is 535 g/mol. The Hall–Kier alpha value is -3.11. The summed E-state index contributed by atoms with van der Waals surface area (Å²) in [6, 6.07) is 4.00. The van der Waals surface area contributed by atoms with Gasteiger partial charge in [0.05, 0.1) is 23.8 Å². The zero-order chi connectivity index (χ0) is 27.1. The van der Waals surface area contributed by atoms with Crippen LogP contribution in [0.5, 0.6) is 5.88 Å². The molecule has 2 fully saturated rings. The van der Waals surface area contributed by atoms with Gasteiger partial charge in [-0.05, 0) is 78.5 Å². The maximum absolute atomic E-state index is 13.2. The third-order valence-electron chi connectivity index (χ3n) is 8.75. The first-order valence-electron chi connectivity index (χ1n) is 14.3. The van der Waals surface area contributed by atoms with Crippen molar-refractivity contribution in [1.29, 1.82) is 0 Å². The number of aliphatic hydroxyl groups is 1. The number of fused-ring (bicyclic) bond motifs is 2. The number of ether oxygens (including phenoxy) is 1. The van der Waals surface area contributed by atoms with E-state index in [9.17, 15) is 9.90 Å². The van der Waals surface area contributed by atoms with E-state index >= 15 is 0 Å². The molecule has 1 saturated carbocycles. The molecule has 6 rings (SSSR count). The lowest BCUT2D eigenvalue weighted by molar-refractivity contribution is -0.127. The Morgan fingerprint density at radius 1 is 1.15 bits per heavy atom. The lowest BCUT2D eigenvalue weighted by Gasteiger charge is -2.37. The highest BCUT2D eigenvalue weighted by Crippen LogP contribution is 2.47. The fraction of sp³-hybridized carbons (Fsp3) is 0.621. The molecule has 3 aromatic heterocycles. The number of aliphatic hydroxyl groups excluding tert-OH is 1. The van der Waals surface area contributed by atoms with Gasteiger partial charge in [0.1, 0.15) is 23.3 Å². The minimum atomic E-state index is -0.536. The zero-order valence-electron chi connectivity index (χ0n) is 23.1. The summed E-state index contributed by atoms with van der Waals surface area (Å²) in [5.41, 5.74) is 2.46. The number of likely N-dealkylation sites (tertiary alicyclic amines) is 1. The molecule has 1 spiro atoms. The van der Waals surface area contributed by atoms with E-state index in [0.717, 1.165) is 69.2 Å². The average Bonchev–Trinajstić information content (AvgIpc) is 3.66. The standard InChI is InChI=1S/C29H38N6O4/c1-18(36)17-35-15-11-21(32-35)22-16-25(38-19(2)23-9-7-14-34(23)3)31-28(30-22)26-20-8-6-13-29(27(20)33-39-26)12-5-4-10-24(29)37/h11,15-16,18-19,23,36H,4-10,12-14,17H2,1-3H3/t18-,19-,23-,29+/m0/s1. The molecule has 4 heterocycles. The van der Waals surface area contributed by atoms with Gasteiger partial charge in [-0.1, -0.05) is 11.6 Å². The molecule has 0 amide bonds. The van der Waals surface area contributed by atoms with Crippen molar-refractivity contribution in [1.82, 2.24) is 29.8 Å². The van der Waals surface area contributed by atoms with Gasteiger partial charge in [0, 0.05) is 30.3 Å². The molecule has 1 aliphatic heterocycles. The highest BCUT2D eigenvalue weighted by molar-refractivity contribution is 5.91. The van der Waals surface area contributed by atoms with Crippen LogP contribution >= 0.6 is 0 Å². The molecular weight excluding hydrogens is 496 g/mol. The van der Waals surface area contributed by atoms with Crippen molar-refractivity contribution in [2.24, 2.45) is 0 Å². The van der Waals surface area contributed by atoms with Crippen molar-refractivity contribution >= 4 is 5.78 Å². The number of carbonyl (C=O) groups is 1. The molecule has 3 aliphatic rings. The molecule has 10 nitrogen and oxygen atoms in total. The highest BCUT2D eigenvalue weighted by Gasteiger charge is 2.48. The number of nitrogens with zero attached hydrogens (tertiary/aromatic N) is 6. The lowest BCUT2D eigenvalue weighted by Crippen LogP contribution is -2.41. The van der Waals surface area contributed by atoms with Gasteiger partial charge in [-0.3, -0.25) is 14.4 Å². The van der Waals surface area contributed by atoms with Gasteiger partial charge in [-0.25, -0.2) is 4.98 Å². The molecular formula is C29H38N6O4. The van der Waals surface area contributed by atoms with E-state index in [4.69, 9.17) is 19.2 Å². The number of Topliss-reactive ketones (excluding diaryl/α,β-unsaturated/α-hetero) is 1. The van der Waals surface area contributed by atoms with Crippen LogP contribution in [-0.2, 0) is 23.2 Å². The summed E-state index contributed by atoms with van der Waals surface area (Å²) in [6.07, 6.45) is 9.40. The minimum Gasteiger partial charge on any atom is -0.473 e. The highest BCUT2D eigenvalue weighted by atomic mass is 16.5. The third-order valence-corrected chi connectivity index (χ3v) is 8.75. The van der Waals surface area contributed by atoms with Crippen molar-refractivity contribution in [3.8, 4) is 28.9 Å². The fourth-order valence-corrected chi connectivity index (χ4v) is 6.77. The summed E-state index contributed by atoms with van der Waals surface area (Å²) in [5.74, 6) is 1.65. The molecule has 1 N–H and O–H groups in total. The van der Waals surface area contributed by atoms with Crippen LogP contribution in [0.2, 0.25) is 0 Å². The topological polar surface area (TPSA) is 119 Å². The molecule has 0 radical (unpaired) electrons. The van der Waals surface area contributed by atoms with Gasteiger partial charge < -0.3 is 14.4 Å². The number of hydrogen-bond donors (Lipinski definition) is 1. The summed E-state index contributed by atoms with van der Waals surface area (Å²) in [7, 11) is 2.13. The Kier molecular flexibility index (Phi) is 7.01. The lowest BCUT2D eigenvalue weighted by atomic mass is 9.64. The van der Waals surface area contributed by atoms with Gasteiger partial charge in [-0.15, -0.1) is 0 Å². The number of likely N-dealkylation sites (N-methyl/N-ethyl adjacent to an activating group) is 1. The molecule has 0 unspecified atom stereocenters. The van der Waals surface area contributed by atoms with Crippen molar-refractivity contribution in [2.75, 3.05) is 13.6 Å². The maximum atomic E-state index is 13.2. The van der Waals surface area contributed by atoms with Crippen LogP contribution < -0.4 is 4.74 Å². The van der Waals surface area contributed by atoms with E-state index in [-0.39, 0.29) is 11.9 Å². The molecule has 1 saturated heterocycles. The van der Waals surface area contributed by atoms with Gasteiger partial charge in [-0.2, -0.15) is 10.1 Å². The number of rotatable bonds is 7. The van der Waals surface area contributed by atoms with Gasteiger partial charge in [0.2, 0.25) is 17.5 Å². The van der Waals surface area contributed by atoms with Crippen LogP contribution in [0.1, 0.15) is 76.5 Å². The predicted octanol–water partition coefficient (Wildman–Crippen LogP) is 3.95. The number of hydrogen-bond acceptors (Lipinski definition) is 9. The first-order valence-corrected chi connectivity index (χ1v) is 14.3. The first-order chi connectivity index (χ1) is 18.8. The molecule has 2 aliphatic carbocycles. The molecule has 10 heteroatoms. The summed E-state index contributed by atoms with van der Waals surface area (Å²) in [4.78, 5) is 25.2. The van der Waals surface area contributed by atoms with E-state index < -0.39 is 11.5 Å². The third kappa shape index (κ3) is 4.89. The van der Waals surface area contributed by atoms with Crippen LogP contribution in [0.4, 0.5) is 0 Å². The quantitative estimate of drug-likeness (QED) is 0.480. The smallest absolute Gasteiger partial charge is 0.217 e. The Morgan fingerprint density at radius 2 is 2.00 bits per heavy atom. The fourth-order valence-electron chi connectivity index (χ4n) is 6.77. The second-order valence-electron chi connectivity index (χ2n) is 11.6. The Morgan fingerprint density at radius 3 is 2.77 bits per heavy atom. The van der Waals surface area contributed by atoms with E-state index in [2.05, 4.69) is 29.1 Å². The summed E-state index contributed by atoms with van der Waals surface area (Å²) in [5, 5.41) is 18.9. The van der Waals surface area contributed by atoms with E-state index in [1.165, 1.54) is 0 Å². The molecule has 3 aromatic rings. The van der Waals surface area contributed by atoms with Gasteiger partial charge in [0.15, 0.2) is 0 Å². The second-order valence-corrected chi connectivity index (χ2v) is 11.6. The van der Waals surface area contributed by atoms with Crippen LogP contribution in [0.25, 0.3) is 23.0 Å². The van der Waals surface area contributed by atoms with Crippen molar-refractivity contribution in [3.05, 3.63) is 29.6 Å². The maximum Gasteiger partial charge on any atom is 0.217 e. The number of aromatic nitrogens is 5. The van der Waals surface area contributed by atoms with E-state index in [1.807, 2.05) is 18.3 Å². The number of ketones is 1. The van der Waals surface area contributed by atoms with Crippen LogP contribution in [0.15, 0.2) is 22.9 Å². The van der Waals surface area contributed by atoms with Crippen LogP contribution in [0.3, 0.4) is 0 Å². The number of carbonyl (C=O) groups excluding carboxylic acids is 1. The predicted molar refractivity (Wildman–Crippen MR) is 144 cm³/mol. The molecule has 208 valence electrons. The zero-order valence-corrected chi connectivity index (χ0v) is 23.1. The SMILES string of the molecule is C[C@H](O)Cn1ccc(-c2cc(O[C@@H](C)[C@@H]3CCCN3C)nc(-c3onc4c3CCC[C@@]43CCCCC3=O)n2)n1. The van der Waals surface area contributed by atoms with E-state index in [1.54, 1.807) is 11.6 Å². The molecule has 39 heavy (non-hydrogen) atoms. The molecule has 0 aromatic carbocycles. The van der Waals surface area contributed by atoms with Crippen molar-refractivity contribution in [2.45, 2.75) is 102 Å². The monoisotopic (exact) mass is 534 g/mol. The first kappa shape index (κ1) is 26.1. The second kappa shape index (κ2) is 10.5. The normalized spacial score (nSPS) is 25.1. The van der Waals surface area contributed by atoms with Crippen LogP contribution in [-0.4, -0.2) is 72.5 Å². The van der Waals surface area contributed by atoms with Gasteiger partial charge >= 0.3 is 0 Å². The molecule has 4 atom stereocenters. The minimum absolute atomic E-state index is 0.0623. The van der Waals surface area contributed by atoms with Gasteiger partial charge in [0.25, 0.3) is 0 Å². The largest absolute Gasteiger partial charge is 0.473 e. The van der Waals surface area contributed by atoms with Crippen molar-refractivity contribution < 1.29 is 19.2 Å².